The number of amides is 2. The number of carbonyl (C=O) groups is 2. The van der Waals surface area contributed by atoms with E-state index in [-0.39, 0.29) is 11.8 Å². The van der Waals surface area contributed by atoms with Crippen LogP contribution in [0.15, 0.2) is 108 Å². The third-order valence-electron chi connectivity index (χ3n) is 3.69. The zero-order chi connectivity index (χ0) is 18.4. The lowest BCUT2D eigenvalue weighted by atomic mass is 10.0. The molecule has 0 radical (unpaired) electrons. The van der Waals surface area contributed by atoms with E-state index in [0.29, 0.717) is 28.1 Å². The van der Waals surface area contributed by atoms with Crippen LogP contribution >= 0.6 is 0 Å². The molecule has 2 N–H and O–H groups in total. The van der Waals surface area contributed by atoms with Gasteiger partial charge in [-0.3, -0.25) is 9.59 Å². The van der Waals surface area contributed by atoms with Crippen molar-refractivity contribution in [3.05, 3.63) is 108 Å². The summed E-state index contributed by atoms with van der Waals surface area (Å²) in [4.78, 5) is 25.1. The summed E-state index contributed by atoms with van der Waals surface area (Å²) >= 11 is 0. The fourth-order valence-corrected chi connectivity index (χ4v) is 2.63. The van der Waals surface area contributed by atoms with Gasteiger partial charge in [0.1, 0.15) is 0 Å². The van der Waals surface area contributed by atoms with Crippen LogP contribution in [0.1, 0.15) is 6.92 Å². The van der Waals surface area contributed by atoms with Crippen molar-refractivity contribution in [3.63, 3.8) is 0 Å². The SMILES string of the molecule is C=C/C=C\C(=C/C)C1=C2C(=O)NC(C(/C=C\C=C)=C/C=C)=C2C(=O)N1. The number of hydrogen-bond acceptors (Lipinski definition) is 2. The summed E-state index contributed by atoms with van der Waals surface area (Å²) in [6.07, 6.45) is 15.4. The Morgan fingerprint density at radius 1 is 0.800 bits per heavy atom. The average Bonchev–Trinajstić information content (AvgIpc) is 3.12. The first-order valence-corrected chi connectivity index (χ1v) is 7.78. The predicted octanol–water partition coefficient (Wildman–Crippen LogP) is 3.30. The van der Waals surface area contributed by atoms with Crippen LogP contribution in [-0.4, -0.2) is 11.8 Å². The average molecular weight is 332 g/mol. The third kappa shape index (κ3) is 3.43. The molecule has 0 atom stereocenters. The Labute approximate surface area is 147 Å². The molecule has 0 aromatic carbocycles. The highest BCUT2D eigenvalue weighted by Crippen LogP contribution is 2.35. The molecule has 0 bridgehead atoms. The zero-order valence-corrected chi connectivity index (χ0v) is 14.1. The van der Waals surface area contributed by atoms with Crippen molar-refractivity contribution in [3.8, 4) is 0 Å². The molecule has 0 aromatic rings. The van der Waals surface area contributed by atoms with Crippen molar-refractivity contribution in [2.24, 2.45) is 0 Å². The summed E-state index contributed by atoms with van der Waals surface area (Å²) in [6, 6.07) is 0. The molecular weight excluding hydrogens is 312 g/mol. The number of rotatable bonds is 7. The molecular formula is C21H20N2O2. The minimum Gasteiger partial charge on any atom is -0.321 e. The Morgan fingerprint density at radius 2 is 1.28 bits per heavy atom. The molecule has 4 heteroatoms. The highest BCUT2D eigenvalue weighted by atomic mass is 16.2. The molecule has 0 spiro atoms. The third-order valence-corrected chi connectivity index (χ3v) is 3.69. The van der Waals surface area contributed by atoms with Gasteiger partial charge in [-0.15, -0.1) is 0 Å². The summed E-state index contributed by atoms with van der Waals surface area (Å²) < 4.78 is 0. The monoisotopic (exact) mass is 332 g/mol. The number of fused-ring (bicyclic) bond motifs is 1. The van der Waals surface area contributed by atoms with Crippen LogP contribution in [-0.2, 0) is 9.59 Å². The quantitative estimate of drug-likeness (QED) is 0.703. The van der Waals surface area contributed by atoms with Gasteiger partial charge < -0.3 is 10.6 Å². The predicted molar refractivity (Wildman–Crippen MR) is 101 cm³/mol. The maximum atomic E-state index is 12.5. The van der Waals surface area contributed by atoms with Gasteiger partial charge in [0.2, 0.25) is 0 Å². The second-order valence-corrected chi connectivity index (χ2v) is 5.20. The Bertz CT molecular complexity index is 843. The van der Waals surface area contributed by atoms with Crippen molar-refractivity contribution in [2.45, 2.75) is 6.92 Å². The summed E-state index contributed by atoms with van der Waals surface area (Å²) in [5.74, 6) is -0.627. The first-order chi connectivity index (χ1) is 12.1. The smallest absolute Gasteiger partial charge is 0.258 e. The van der Waals surface area contributed by atoms with Gasteiger partial charge in [-0.2, -0.15) is 0 Å². The summed E-state index contributed by atoms with van der Waals surface area (Å²) in [7, 11) is 0. The largest absolute Gasteiger partial charge is 0.321 e. The van der Waals surface area contributed by atoms with Crippen LogP contribution in [0, 0.1) is 0 Å². The van der Waals surface area contributed by atoms with Gasteiger partial charge in [0.15, 0.2) is 0 Å². The number of carbonyl (C=O) groups excluding carboxylic acids is 2. The van der Waals surface area contributed by atoms with Crippen LogP contribution in [0.4, 0.5) is 0 Å². The highest BCUT2D eigenvalue weighted by Gasteiger charge is 2.41. The fraction of sp³-hybridized carbons (Fsp3) is 0.0476. The highest BCUT2D eigenvalue weighted by molar-refractivity contribution is 6.21. The lowest BCUT2D eigenvalue weighted by Gasteiger charge is -2.08. The van der Waals surface area contributed by atoms with E-state index >= 15 is 0 Å². The van der Waals surface area contributed by atoms with Gasteiger partial charge >= 0.3 is 0 Å². The summed E-state index contributed by atoms with van der Waals surface area (Å²) in [6.45, 7) is 12.8. The van der Waals surface area contributed by atoms with Crippen LogP contribution in [0.25, 0.3) is 0 Å². The maximum absolute atomic E-state index is 12.5. The van der Waals surface area contributed by atoms with Gasteiger partial charge in [-0.25, -0.2) is 0 Å². The number of allylic oxidation sites excluding steroid dienone is 9. The topological polar surface area (TPSA) is 58.2 Å². The van der Waals surface area contributed by atoms with Crippen LogP contribution in [0.2, 0.25) is 0 Å². The van der Waals surface area contributed by atoms with Crippen molar-refractivity contribution >= 4 is 11.8 Å². The summed E-state index contributed by atoms with van der Waals surface area (Å²) in [5.41, 5.74) is 3.07. The van der Waals surface area contributed by atoms with E-state index in [9.17, 15) is 9.59 Å². The van der Waals surface area contributed by atoms with Crippen molar-refractivity contribution in [1.82, 2.24) is 10.6 Å². The molecule has 0 saturated heterocycles. The lowest BCUT2D eigenvalue weighted by Crippen LogP contribution is -2.23. The van der Waals surface area contributed by atoms with Crippen molar-refractivity contribution in [2.75, 3.05) is 0 Å². The van der Waals surface area contributed by atoms with E-state index < -0.39 is 0 Å². The Hall–Kier alpha value is -3.40. The lowest BCUT2D eigenvalue weighted by molar-refractivity contribution is -0.117. The molecule has 0 aliphatic carbocycles. The molecule has 2 amide bonds. The normalized spacial score (nSPS) is 18.1. The Kier molecular flexibility index (Phi) is 5.69. The minimum absolute atomic E-state index is 0.313. The fourth-order valence-electron chi connectivity index (χ4n) is 2.63. The molecule has 2 aliphatic heterocycles. The van der Waals surface area contributed by atoms with E-state index in [1.807, 2.05) is 13.0 Å². The molecule has 0 fully saturated rings. The van der Waals surface area contributed by atoms with Gasteiger partial charge in [0.25, 0.3) is 11.8 Å². The second kappa shape index (κ2) is 7.93. The van der Waals surface area contributed by atoms with Gasteiger partial charge in [0, 0.05) is 0 Å². The molecule has 0 aromatic heterocycles. The van der Waals surface area contributed by atoms with E-state index in [4.69, 9.17) is 0 Å². The molecule has 2 aliphatic rings. The molecule has 0 unspecified atom stereocenters. The van der Waals surface area contributed by atoms with E-state index in [1.54, 1.807) is 48.6 Å². The summed E-state index contributed by atoms with van der Waals surface area (Å²) in [5, 5.41) is 5.59. The van der Waals surface area contributed by atoms with Crippen LogP contribution < -0.4 is 10.6 Å². The molecule has 4 nitrogen and oxygen atoms in total. The van der Waals surface area contributed by atoms with E-state index in [1.165, 1.54) is 0 Å². The second-order valence-electron chi connectivity index (χ2n) is 5.20. The molecule has 2 heterocycles. The van der Waals surface area contributed by atoms with Gasteiger partial charge in [-0.1, -0.05) is 74.4 Å². The number of nitrogens with one attached hydrogen (secondary N) is 2. The molecule has 126 valence electrons. The van der Waals surface area contributed by atoms with Crippen molar-refractivity contribution in [1.29, 1.82) is 0 Å². The van der Waals surface area contributed by atoms with Gasteiger partial charge in [-0.05, 0) is 18.1 Å². The van der Waals surface area contributed by atoms with Crippen LogP contribution in [0.5, 0.6) is 0 Å². The number of hydrogen-bond donors (Lipinski definition) is 2. The molecule has 2 rings (SSSR count). The molecule has 0 saturated carbocycles. The van der Waals surface area contributed by atoms with Gasteiger partial charge in [0.05, 0.1) is 22.5 Å². The Balaban J connectivity index is 2.65. The Morgan fingerprint density at radius 3 is 1.72 bits per heavy atom. The maximum Gasteiger partial charge on any atom is 0.258 e. The van der Waals surface area contributed by atoms with E-state index in [2.05, 4.69) is 30.4 Å². The minimum atomic E-state index is -0.313. The zero-order valence-electron chi connectivity index (χ0n) is 14.1. The van der Waals surface area contributed by atoms with E-state index in [0.717, 1.165) is 5.57 Å². The van der Waals surface area contributed by atoms with Crippen LogP contribution in [0.3, 0.4) is 0 Å². The standard InChI is InChI=1S/C21H20N2O2/c1-5-9-12-14(8-4)18-16-17(21(25)22-18)19(23-20(16)24)15(11-7-3)13-10-6-2/h5-13H,1-3H2,4H3,(H,22,25)(H,23,24)/b12-9-,13-10-,14-8+,15-11+. The molecule has 25 heavy (non-hydrogen) atoms. The van der Waals surface area contributed by atoms with Crippen molar-refractivity contribution < 1.29 is 9.59 Å². The first kappa shape index (κ1) is 17.9. The first-order valence-electron chi connectivity index (χ1n) is 7.78.